The molecule has 0 amide bonds. The van der Waals surface area contributed by atoms with Gasteiger partial charge in [-0.05, 0) is 18.2 Å². The average Bonchev–Trinajstić information content (AvgIpc) is 2.81. The zero-order valence-corrected chi connectivity index (χ0v) is 10.9. The van der Waals surface area contributed by atoms with Crippen molar-refractivity contribution in [1.29, 1.82) is 0 Å². The third-order valence-electron chi connectivity index (χ3n) is 2.89. The van der Waals surface area contributed by atoms with Gasteiger partial charge in [0.05, 0.1) is 5.69 Å². The maximum atomic E-state index is 4.62. The number of hydrogen-bond donors (Lipinski definition) is 2. The molecule has 2 heterocycles. The molecule has 0 radical (unpaired) electrons. The van der Waals surface area contributed by atoms with E-state index in [2.05, 4.69) is 22.9 Å². The van der Waals surface area contributed by atoms with Crippen molar-refractivity contribution in [3.8, 4) is 11.3 Å². The number of hydrogen-bond acceptors (Lipinski definition) is 3. The van der Waals surface area contributed by atoms with Crippen LogP contribution in [0.5, 0.6) is 0 Å². The van der Waals surface area contributed by atoms with Crippen molar-refractivity contribution in [2.45, 2.75) is 4.90 Å². The van der Waals surface area contributed by atoms with Crippen molar-refractivity contribution in [2.75, 3.05) is 12.4 Å². The fraction of sp³-hybridized carbons (Fsp3) is 0.0714. The first-order valence-electron chi connectivity index (χ1n) is 5.72. The Bertz CT molecular complexity index is 703. The minimum atomic E-state index is 0.932. The first-order valence-corrected chi connectivity index (χ1v) is 6.17. The van der Waals surface area contributed by atoms with Crippen LogP contribution < -0.4 is 5.32 Å². The van der Waals surface area contributed by atoms with E-state index in [1.807, 2.05) is 60.2 Å². The molecule has 1 N–H and O–H groups in total. The number of aromatic nitrogens is 2. The van der Waals surface area contributed by atoms with E-state index in [9.17, 15) is 0 Å². The minimum Gasteiger partial charge on any atom is -0.388 e. The molecule has 0 fully saturated rings. The van der Waals surface area contributed by atoms with Gasteiger partial charge < -0.3 is 9.72 Å². The molecule has 0 aliphatic carbocycles. The maximum Gasteiger partial charge on any atom is 0.139 e. The van der Waals surface area contributed by atoms with E-state index in [1.165, 1.54) is 0 Å². The van der Waals surface area contributed by atoms with Gasteiger partial charge in [0, 0.05) is 41.7 Å². The molecule has 0 aliphatic heterocycles. The Kier molecular flexibility index (Phi) is 2.72. The molecule has 3 rings (SSSR count). The molecule has 0 aliphatic rings. The summed E-state index contributed by atoms with van der Waals surface area (Å²) in [6.45, 7) is 0. The molecule has 0 saturated heterocycles. The summed E-state index contributed by atoms with van der Waals surface area (Å²) in [6, 6.07) is 12.0. The Balaban J connectivity index is 2.13. The summed E-state index contributed by atoms with van der Waals surface area (Å²) < 4.78 is 2.02. The Morgan fingerprint density at radius 2 is 2.11 bits per heavy atom. The van der Waals surface area contributed by atoms with Crippen LogP contribution in [-0.2, 0) is 0 Å². The van der Waals surface area contributed by atoms with Crippen LogP contribution in [0.2, 0.25) is 0 Å². The van der Waals surface area contributed by atoms with Gasteiger partial charge in [-0.15, -0.1) is 12.6 Å². The monoisotopic (exact) mass is 255 g/mol. The third kappa shape index (κ3) is 1.95. The van der Waals surface area contributed by atoms with Gasteiger partial charge in [0.15, 0.2) is 0 Å². The van der Waals surface area contributed by atoms with Crippen LogP contribution >= 0.6 is 12.6 Å². The SMILES string of the molecule is CNc1ccn2cc(-c3cccc(S)c3)nc2c1. The number of fused-ring (bicyclic) bond motifs is 1. The number of nitrogens with zero attached hydrogens (tertiary/aromatic N) is 2. The van der Waals surface area contributed by atoms with Gasteiger partial charge in [0.1, 0.15) is 5.65 Å². The fourth-order valence-electron chi connectivity index (χ4n) is 1.94. The molecule has 90 valence electrons. The quantitative estimate of drug-likeness (QED) is 0.688. The van der Waals surface area contributed by atoms with Crippen LogP contribution in [0.15, 0.2) is 53.7 Å². The van der Waals surface area contributed by atoms with Crippen LogP contribution in [0.1, 0.15) is 0 Å². The summed E-state index contributed by atoms with van der Waals surface area (Å²) in [4.78, 5) is 5.57. The number of benzene rings is 1. The summed E-state index contributed by atoms with van der Waals surface area (Å²) in [5.41, 5.74) is 4.03. The van der Waals surface area contributed by atoms with Gasteiger partial charge in [-0.2, -0.15) is 0 Å². The van der Waals surface area contributed by atoms with Crippen molar-refractivity contribution in [2.24, 2.45) is 0 Å². The lowest BCUT2D eigenvalue weighted by molar-refractivity contribution is 1.18. The molecule has 3 nitrogen and oxygen atoms in total. The van der Waals surface area contributed by atoms with Crippen LogP contribution in [0.3, 0.4) is 0 Å². The number of imidazole rings is 1. The zero-order chi connectivity index (χ0) is 12.5. The van der Waals surface area contributed by atoms with E-state index in [0.29, 0.717) is 0 Å². The van der Waals surface area contributed by atoms with Crippen molar-refractivity contribution >= 4 is 24.0 Å². The molecule has 18 heavy (non-hydrogen) atoms. The van der Waals surface area contributed by atoms with Gasteiger partial charge in [-0.3, -0.25) is 0 Å². The number of nitrogens with one attached hydrogen (secondary N) is 1. The first kappa shape index (κ1) is 11.2. The predicted octanol–water partition coefficient (Wildman–Crippen LogP) is 3.33. The van der Waals surface area contributed by atoms with Crippen LogP contribution in [0.4, 0.5) is 5.69 Å². The molecule has 0 atom stereocenters. The molecular weight excluding hydrogens is 242 g/mol. The number of pyridine rings is 1. The van der Waals surface area contributed by atoms with E-state index in [-0.39, 0.29) is 0 Å². The number of rotatable bonds is 2. The lowest BCUT2D eigenvalue weighted by atomic mass is 10.2. The molecule has 4 heteroatoms. The fourth-order valence-corrected chi connectivity index (χ4v) is 2.17. The lowest BCUT2D eigenvalue weighted by Crippen LogP contribution is -1.89. The predicted molar refractivity (Wildman–Crippen MR) is 77.4 cm³/mol. The second-order valence-electron chi connectivity index (χ2n) is 4.11. The zero-order valence-electron chi connectivity index (χ0n) is 9.96. The second kappa shape index (κ2) is 4.38. The first-order chi connectivity index (χ1) is 8.76. The Morgan fingerprint density at radius 1 is 1.22 bits per heavy atom. The highest BCUT2D eigenvalue weighted by atomic mass is 32.1. The van der Waals surface area contributed by atoms with Gasteiger partial charge >= 0.3 is 0 Å². The summed E-state index contributed by atoms with van der Waals surface area (Å²) in [6.07, 6.45) is 4.03. The number of anilines is 1. The Hall–Kier alpha value is -1.94. The highest BCUT2D eigenvalue weighted by Gasteiger charge is 2.04. The Labute approximate surface area is 111 Å². The summed E-state index contributed by atoms with van der Waals surface area (Å²) >= 11 is 4.35. The van der Waals surface area contributed by atoms with Crippen molar-refractivity contribution in [3.63, 3.8) is 0 Å². The summed E-state index contributed by atoms with van der Waals surface area (Å²) in [7, 11) is 1.90. The van der Waals surface area contributed by atoms with Gasteiger partial charge in [-0.25, -0.2) is 4.98 Å². The molecule has 0 saturated carbocycles. The Morgan fingerprint density at radius 3 is 2.89 bits per heavy atom. The smallest absolute Gasteiger partial charge is 0.139 e. The number of thiol groups is 1. The molecule has 2 aromatic heterocycles. The molecular formula is C14H13N3S. The maximum absolute atomic E-state index is 4.62. The van der Waals surface area contributed by atoms with Crippen molar-refractivity contribution < 1.29 is 0 Å². The normalized spacial score (nSPS) is 10.8. The molecule has 0 unspecified atom stereocenters. The average molecular weight is 255 g/mol. The van der Waals surface area contributed by atoms with Crippen LogP contribution in [0, 0.1) is 0 Å². The third-order valence-corrected chi connectivity index (χ3v) is 3.17. The van der Waals surface area contributed by atoms with E-state index < -0.39 is 0 Å². The second-order valence-corrected chi connectivity index (χ2v) is 4.62. The van der Waals surface area contributed by atoms with Crippen LogP contribution in [0.25, 0.3) is 16.9 Å². The van der Waals surface area contributed by atoms with Gasteiger partial charge in [0.25, 0.3) is 0 Å². The topological polar surface area (TPSA) is 29.3 Å². The highest BCUT2D eigenvalue weighted by Crippen LogP contribution is 2.22. The van der Waals surface area contributed by atoms with E-state index in [4.69, 9.17) is 0 Å². The van der Waals surface area contributed by atoms with E-state index in [0.717, 1.165) is 27.5 Å². The minimum absolute atomic E-state index is 0.932. The molecule has 3 aromatic rings. The molecule has 0 spiro atoms. The van der Waals surface area contributed by atoms with Gasteiger partial charge in [0.2, 0.25) is 0 Å². The molecule has 0 bridgehead atoms. The summed E-state index contributed by atoms with van der Waals surface area (Å²) in [5, 5.41) is 3.11. The van der Waals surface area contributed by atoms with Crippen molar-refractivity contribution in [3.05, 3.63) is 48.8 Å². The van der Waals surface area contributed by atoms with Gasteiger partial charge in [-0.1, -0.05) is 12.1 Å². The summed E-state index contributed by atoms with van der Waals surface area (Å²) in [5.74, 6) is 0. The molecule has 1 aromatic carbocycles. The van der Waals surface area contributed by atoms with E-state index in [1.54, 1.807) is 0 Å². The standard InChI is InChI=1S/C14H13N3S/c1-15-11-5-6-17-9-13(16-14(17)8-11)10-3-2-4-12(18)7-10/h2-9,15,18H,1H3. The van der Waals surface area contributed by atoms with E-state index >= 15 is 0 Å². The van der Waals surface area contributed by atoms with Crippen molar-refractivity contribution in [1.82, 2.24) is 9.38 Å². The highest BCUT2D eigenvalue weighted by molar-refractivity contribution is 7.80. The largest absolute Gasteiger partial charge is 0.388 e. The lowest BCUT2D eigenvalue weighted by Gasteiger charge is -1.98. The van der Waals surface area contributed by atoms with Crippen LogP contribution in [-0.4, -0.2) is 16.4 Å².